The Bertz CT molecular complexity index is 1130. The van der Waals surface area contributed by atoms with Gasteiger partial charge in [0.15, 0.2) is 5.82 Å². The van der Waals surface area contributed by atoms with E-state index < -0.39 is 11.9 Å². The van der Waals surface area contributed by atoms with E-state index in [1.807, 2.05) is 12.1 Å². The highest BCUT2D eigenvalue weighted by molar-refractivity contribution is 6.30. The second-order valence-corrected chi connectivity index (χ2v) is 6.82. The molecule has 0 atom stereocenters. The summed E-state index contributed by atoms with van der Waals surface area (Å²) < 4.78 is 39.7. The van der Waals surface area contributed by atoms with E-state index >= 15 is 0 Å². The number of aromatic nitrogens is 5. The van der Waals surface area contributed by atoms with Gasteiger partial charge in [-0.15, -0.1) is 0 Å². The zero-order valence-corrected chi connectivity index (χ0v) is 16.0. The summed E-state index contributed by atoms with van der Waals surface area (Å²) in [5.74, 6) is 0.529. The van der Waals surface area contributed by atoms with Gasteiger partial charge in [0.25, 0.3) is 0 Å². The van der Waals surface area contributed by atoms with Crippen LogP contribution in [0, 0.1) is 0 Å². The maximum absolute atomic E-state index is 13.2. The van der Waals surface area contributed by atoms with Crippen molar-refractivity contribution in [3.63, 3.8) is 0 Å². The Morgan fingerprint density at radius 1 is 0.967 bits per heavy atom. The van der Waals surface area contributed by atoms with Crippen molar-refractivity contribution >= 4 is 17.3 Å². The highest BCUT2D eigenvalue weighted by atomic mass is 35.5. The minimum Gasteiger partial charge on any atom is -0.381 e. The molecule has 0 bridgehead atoms. The quantitative estimate of drug-likeness (QED) is 0.454. The number of aromatic amines is 1. The van der Waals surface area contributed by atoms with Crippen molar-refractivity contribution in [1.29, 1.82) is 0 Å². The molecule has 3 aromatic heterocycles. The molecule has 0 fully saturated rings. The van der Waals surface area contributed by atoms with Crippen LogP contribution in [0.2, 0.25) is 5.02 Å². The van der Waals surface area contributed by atoms with Crippen molar-refractivity contribution in [2.75, 3.05) is 5.32 Å². The Labute approximate surface area is 174 Å². The van der Waals surface area contributed by atoms with Crippen LogP contribution in [0.5, 0.6) is 0 Å². The minimum atomic E-state index is -4.57. The third-order valence-corrected chi connectivity index (χ3v) is 4.47. The van der Waals surface area contributed by atoms with Gasteiger partial charge in [0.1, 0.15) is 5.69 Å². The van der Waals surface area contributed by atoms with E-state index in [9.17, 15) is 13.2 Å². The number of nitrogens with one attached hydrogen (secondary N) is 2. The number of rotatable bonds is 5. The Morgan fingerprint density at radius 3 is 2.33 bits per heavy atom. The molecule has 152 valence electrons. The molecule has 4 aromatic rings. The number of hydrogen-bond acceptors (Lipinski definition) is 5. The molecule has 0 radical (unpaired) electrons. The zero-order valence-electron chi connectivity index (χ0n) is 15.3. The van der Waals surface area contributed by atoms with E-state index in [2.05, 4.69) is 30.5 Å². The number of pyridine rings is 1. The Morgan fingerprint density at radius 2 is 1.70 bits per heavy atom. The zero-order chi connectivity index (χ0) is 21.1. The van der Waals surface area contributed by atoms with Gasteiger partial charge in [-0.2, -0.15) is 18.3 Å². The number of anilines is 1. The molecule has 0 amide bonds. The fourth-order valence-corrected chi connectivity index (χ4v) is 2.84. The number of hydrogen-bond donors (Lipinski definition) is 2. The first-order valence-corrected chi connectivity index (χ1v) is 9.15. The fraction of sp³-hybridized carbons (Fsp3) is 0.100. The summed E-state index contributed by atoms with van der Waals surface area (Å²) in [6.45, 7) is 0.243. The lowest BCUT2D eigenvalue weighted by Gasteiger charge is -2.12. The van der Waals surface area contributed by atoms with Crippen molar-refractivity contribution in [3.8, 4) is 22.6 Å². The largest absolute Gasteiger partial charge is 0.433 e. The van der Waals surface area contributed by atoms with Crippen LogP contribution in [-0.2, 0) is 12.7 Å². The van der Waals surface area contributed by atoms with Crippen molar-refractivity contribution < 1.29 is 13.2 Å². The van der Waals surface area contributed by atoms with Gasteiger partial charge in [0.05, 0.1) is 11.9 Å². The lowest BCUT2D eigenvalue weighted by Crippen LogP contribution is -2.10. The number of H-pyrrole nitrogens is 1. The predicted octanol–water partition coefficient (Wildman–Crippen LogP) is 5.21. The number of halogens is 4. The first-order chi connectivity index (χ1) is 14.4. The van der Waals surface area contributed by atoms with Crippen LogP contribution >= 0.6 is 11.6 Å². The lowest BCUT2D eigenvalue weighted by molar-refractivity contribution is -0.141. The van der Waals surface area contributed by atoms with E-state index in [1.54, 1.807) is 24.5 Å². The van der Waals surface area contributed by atoms with E-state index in [0.29, 0.717) is 22.0 Å². The van der Waals surface area contributed by atoms with E-state index in [1.165, 1.54) is 18.5 Å². The van der Waals surface area contributed by atoms with Crippen molar-refractivity contribution in [3.05, 3.63) is 77.5 Å². The molecule has 0 aliphatic rings. The minimum absolute atomic E-state index is 0.162. The molecule has 0 spiro atoms. The summed E-state index contributed by atoms with van der Waals surface area (Å²) in [5.41, 5.74) is 1.43. The third kappa shape index (κ3) is 4.57. The Hall–Kier alpha value is -3.46. The maximum Gasteiger partial charge on any atom is 0.433 e. The summed E-state index contributed by atoms with van der Waals surface area (Å²) >= 11 is 5.88. The topological polar surface area (TPSA) is 79.4 Å². The second-order valence-electron chi connectivity index (χ2n) is 6.39. The Kier molecular flexibility index (Phi) is 5.37. The van der Waals surface area contributed by atoms with Crippen molar-refractivity contribution in [2.45, 2.75) is 12.7 Å². The van der Waals surface area contributed by atoms with E-state index in [-0.39, 0.29) is 17.9 Å². The number of benzene rings is 1. The molecule has 2 N–H and O–H groups in total. The van der Waals surface area contributed by atoms with E-state index in [0.717, 1.165) is 11.6 Å². The molecular weight excluding hydrogens is 417 g/mol. The molecule has 1 aromatic carbocycles. The van der Waals surface area contributed by atoms with Crippen LogP contribution in [-0.4, -0.2) is 25.1 Å². The van der Waals surface area contributed by atoms with E-state index in [4.69, 9.17) is 11.6 Å². The first kappa shape index (κ1) is 19.8. The van der Waals surface area contributed by atoms with Crippen molar-refractivity contribution in [1.82, 2.24) is 25.1 Å². The molecule has 0 aliphatic carbocycles. The smallest absolute Gasteiger partial charge is 0.381 e. The van der Waals surface area contributed by atoms with Crippen LogP contribution in [0.1, 0.15) is 11.3 Å². The second kappa shape index (κ2) is 8.11. The standard InChI is InChI=1S/C20H14ClF3N6/c21-15-3-1-13(2-4-15)19-26-8-12(9-27-19)7-25-16-5-17(14-10-28-29-11-14)30-18(6-16)20(22,23)24/h1-6,8-11H,7H2,(H,25,30)(H,28,29). The van der Waals surface area contributed by atoms with Crippen LogP contribution in [0.25, 0.3) is 22.6 Å². The third-order valence-electron chi connectivity index (χ3n) is 4.21. The summed E-state index contributed by atoms with van der Waals surface area (Å²) in [6, 6.07) is 9.60. The molecule has 3 heterocycles. The molecular formula is C20H14ClF3N6. The number of nitrogens with zero attached hydrogens (tertiary/aromatic N) is 4. The summed E-state index contributed by atoms with van der Waals surface area (Å²) in [6.07, 6.45) is 1.56. The normalized spacial score (nSPS) is 11.5. The molecule has 0 saturated carbocycles. The highest BCUT2D eigenvalue weighted by Crippen LogP contribution is 2.32. The molecule has 0 unspecified atom stereocenters. The van der Waals surface area contributed by atoms with Crippen LogP contribution in [0.4, 0.5) is 18.9 Å². The van der Waals surface area contributed by atoms with Gasteiger partial charge < -0.3 is 5.32 Å². The van der Waals surface area contributed by atoms with Gasteiger partial charge in [-0.25, -0.2) is 15.0 Å². The highest BCUT2D eigenvalue weighted by Gasteiger charge is 2.33. The first-order valence-electron chi connectivity index (χ1n) is 8.78. The molecule has 0 saturated heterocycles. The molecule has 4 rings (SSSR count). The van der Waals surface area contributed by atoms with Gasteiger partial charge in [0, 0.05) is 52.5 Å². The van der Waals surface area contributed by atoms with Crippen LogP contribution in [0.15, 0.2) is 61.2 Å². The van der Waals surface area contributed by atoms with Gasteiger partial charge in [-0.05, 0) is 36.4 Å². The van der Waals surface area contributed by atoms with Crippen LogP contribution in [0.3, 0.4) is 0 Å². The summed E-state index contributed by atoms with van der Waals surface area (Å²) in [5, 5.41) is 9.92. The molecule has 30 heavy (non-hydrogen) atoms. The maximum atomic E-state index is 13.2. The molecule has 10 heteroatoms. The van der Waals surface area contributed by atoms with Gasteiger partial charge in [0.2, 0.25) is 0 Å². The van der Waals surface area contributed by atoms with Crippen LogP contribution < -0.4 is 5.32 Å². The van der Waals surface area contributed by atoms with Gasteiger partial charge >= 0.3 is 6.18 Å². The van der Waals surface area contributed by atoms with Crippen molar-refractivity contribution in [2.24, 2.45) is 0 Å². The SMILES string of the molecule is FC(F)(F)c1cc(NCc2cnc(-c3ccc(Cl)cc3)nc2)cc(-c2cn[nH]c2)n1. The average molecular weight is 431 g/mol. The molecule has 6 nitrogen and oxygen atoms in total. The number of alkyl halides is 3. The fourth-order valence-electron chi connectivity index (χ4n) is 2.71. The summed E-state index contributed by atoms with van der Waals surface area (Å²) in [7, 11) is 0. The average Bonchev–Trinajstić information content (AvgIpc) is 3.27. The van der Waals surface area contributed by atoms with Gasteiger partial charge in [-0.1, -0.05) is 11.6 Å². The Balaban J connectivity index is 1.53. The molecule has 0 aliphatic heterocycles. The van der Waals surface area contributed by atoms with Gasteiger partial charge in [-0.3, -0.25) is 5.10 Å². The summed E-state index contributed by atoms with van der Waals surface area (Å²) in [4.78, 5) is 12.3. The predicted molar refractivity (Wildman–Crippen MR) is 107 cm³/mol. The monoisotopic (exact) mass is 430 g/mol. The lowest BCUT2D eigenvalue weighted by atomic mass is 10.2.